The normalized spacial score (nSPS) is 9.81. The number of Topliss-reactive ketones (excluding diaryl/α,β-unsaturated/α-hetero) is 2. The summed E-state index contributed by atoms with van der Waals surface area (Å²) in [6, 6.07) is 3.25. The second-order valence-electron chi connectivity index (χ2n) is 2.91. The minimum atomic E-state index is -1.60. The van der Waals surface area contributed by atoms with E-state index in [-0.39, 0.29) is 5.69 Å². The molecule has 6 heteroatoms. The van der Waals surface area contributed by atoms with E-state index in [4.69, 9.17) is 5.11 Å². The third-order valence-electron chi connectivity index (χ3n) is 1.81. The van der Waals surface area contributed by atoms with Gasteiger partial charge in [-0.3, -0.25) is 14.6 Å². The second kappa shape index (κ2) is 5.41. The highest BCUT2D eigenvalue weighted by atomic mass is 32.2. The van der Waals surface area contributed by atoms with Crippen LogP contribution in [0.1, 0.15) is 16.9 Å². The smallest absolute Gasteiger partial charge is 0.372 e. The number of rotatable bonds is 5. The molecule has 0 aliphatic carbocycles. The molecule has 0 saturated heterocycles. The minimum absolute atomic E-state index is 0.112. The first-order valence-corrected chi connectivity index (χ1v) is 5.56. The highest BCUT2D eigenvalue weighted by molar-refractivity contribution is 7.98. The standard InChI is InChI=1S/C10H9NO4S/c1-16-6-2-3-11-7(4-6)8(12)5-9(13)10(14)15/h2-4H,5H2,1H3,(H,14,15). The molecule has 0 atom stereocenters. The fourth-order valence-corrected chi connectivity index (χ4v) is 1.43. The van der Waals surface area contributed by atoms with Crippen molar-refractivity contribution in [3.63, 3.8) is 0 Å². The Kier molecular flexibility index (Phi) is 4.19. The number of ketones is 2. The molecule has 0 saturated carbocycles. The zero-order valence-electron chi connectivity index (χ0n) is 8.47. The zero-order valence-corrected chi connectivity index (χ0v) is 9.28. The number of thioether (sulfide) groups is 1. The Balaban J connectivity index is 2.80. The number of carbonyl (C=O) groups is 3. The van der Waals surface area contributed by atoms with Gasteiger partial charge in [-0.2, -0.15) is 0 Å². The van der Waals surface area contributed by atoms with Crippen LogP contribution in [-0.2, 0) is 9.59 Å². The lowest BCUT2D eigenvalue weighted by atomic mass is 10.1. The molecule has 0 unspecified atom stereocenters. The summed E-state index contributed by atoms with van der Waals surface area (Å²) in [5.74, 6) is -3.31. The number of hydrogen-bond donors (Lipinski definition) is 1. The average Bonchev–Trinajstić information content (AvgIpc) is 2.28. The molecule has 0 aromatic carbocycles. The maximum absolute atomic E-state index is 11.5. The number of aromatic nitrogens is 1. The molecule has 0 radical (unpaired) electrons. The molecular formula is C10H9NO4S. The van der Waals surface area contributed by atoms with Gasteiger partial charge in [0, 0.05) is 11.1 Å². The SMILES string of the molecule is CSc1ccnc(C(=O)CC(=O)C(=O)O)c1. The molecule has 0 aliphatic rings. The Morgan fingerprint density at radius 3 is 2.69 bits per heavy atom. The van der Waals surface area contributed by atoms with Crippen molar-refractivity contribution >= 4 is 29.3 Å². The first-order chi connectivity index (χ1) is 7.54. The summed E-state index contributed by atoms with van der Waals surface area (Å²) in [5.41, 5.74) is 0.112. The maximum atomic E-state index is 11.5. The zero-order chi connectivity index (χ0) is 12.1. The fourth-order valence-electron chi connectivity index (χ4n) is 1.00. The number of pyridine rings is 1. The van der Waals surface area contributed by atoms with Crippen molar-refractivity contribution in [3.05, 3.63) is 24.0 Å². The molecule has 0 fully saturated rings. The number of carboxylic acids is 1. The van der Waals surface area contributed by atoms with Gasteiger partial charge in [-0.25, -0.2) is 4.79 Å². The molecule has 84 valence electrons. The lowest BCUT2D eigenvalue weighted by molar-refractivity contribution is -0.148. The predicted octanol–water partition coefficient (Wildman–Crippen LogP) is 1.03. The summed E-state index contributed by atoms with van der Waals surface area (Å²) in [6.07, 6.45) is 2.64. The Morgan fingerprint density at radius 1 is 1.44 bits per heavy atom. The van der Waals surface area contributed by atoms with Gasteiger partial charge in [-0.05, 0) is 18.4 Å². The summed E-state index contributed by atoms with van der Waals surface area (Å²) < 4.78 is 0. The number of carbonyl (C=O) groups excluding carboxylic acids is 2. The van der Waals surface area contributed by atoms with Gasteiger partial charge < -0.3 is 5.11 Å². The lowest BCUT2D eigenvalue weighted by Gasteiger charge is -2.00. The predicted molar refractivity (Wildman–Crippen MR) is 57.6 cm³/mol. The summed E-state index contributed by atoms with van der Waals surface area (Å²) >= 11 is 1.43. The highest BCUT2D eigenvalue weighted by Crippen LogP contribution is 2.14. The first-order valence-electron chi connectivity index (χ1n) is 4.34. The first kappa shape index (κ1) is 12.4. The van der Waals surface area contributed by atoms with Crippen molar-refractivity contribution in [2.45, 2.75) is 11.3 Å². The van der Waals surface area contributed by atoms with E-state index in [1.165, 1.54) is 24.0 Å². The van der Waals surface area contributed by atoms with Crippen LogP contribution >= 0.6 is 11.8 Å². The molecule has 1 rings (SSSR count). The summed E-state index contributed by atoms with van der Waals surface area (Å²) in [6.45, 7) is 0. The van der Waals surface area contributed by atoms with Gasteiger partial charge >= 0.3 is 5.97 Å². The molecule has 0 spiro atoms. The van der Waals surface area contributed by atoms with Crippen molar-refractivity contribution in [3.8, 4) is 0 Å². The summed E-state index contributed by atoms with van der Waals surface area (Å²) in [7, 11) is 0. The highest BCUT2D eigenvalue weighted by Gasteiger charge is 2.18. The van der Waals surface area contributed by atoms with Crippen LogP contribution in [0.15, 0.2) is 23.2 Å². The van der Waals surface area contributed by atoms with E-state index >= 15 is 0 Å². The Morgan fingerprint density at radius 2 is 2.12 bits per heavy atom. The van der Waals surface area contributed by atoms with E-state index in [0.29, 0.717) is 0 Å². The van der Waals surface area contributed by atoms with Crippen LogP contribution in [0.3, 0.4) is 0 Å². The van der Waals surface area contributed by atoms with Crippen molar-refractivity contribution in [2.75, 3.05) is 6.26 Å². The van der Waals surface area contributed by atoms with Gasteiger partial charge in [0.15, 0.2) is 5.78 Å². The molecular weight excluding hydrogens is 230 g/mol. The van der Waals surface area contributed by atoms with Crippen LogP contribution in [-0.4, -0.2) is 33.9 Å². The molecule has 0 amide bonds. The topological polar surface area (TPSA) is 84.3 Å². The van der Waals surface area contributed by atoms with E-state index in [2.05, 4.69) is 4.98 Å². The monoisotopic (exact) mass is 239 g/mol. The molecule has 1 aromatic rings. The van der Waals surface area contributed by atoms with Crippen LogP contribution in [0.2, 0.25) is 0 Å². The maximum Gasteiger partial charge on any atom is 0.372 e. The Labute approximate surface area is 95.9 Å². The number of carboxylic acid groups (broad SMARTS) is 1. The van der Waals surface area contributed by atoms with E-state index in [0.717, 1.165) is 4.90 Å². The van der Waals surface area contributed by atoms with E-state index in [1.54, 1.807) is 6.07 Å². The Hall–Kier alpha value is -1.69. The number of aliphatic carboxylic acids is 1. The largest absolute Gasteiger partial charge is 0.475 e. The second-order valence-corrected chi connectivity index (χ2v) is 3.79. The molecule has 5 nitrogen and oxygen atoms in total. The number of hydrogen-bond acceptors (Lipinski definition) is 5. The van der Waals surface area contributed by atoms with E-state index in [1.807, 2.05) is 6.26 Å². The van der Waals surface area contributed by atoms with Crippen LogP contribution in [0.5, 0.6) is 0 Å². The van der Waals surface area contributed by atoms with Crippen molar-refractivity contribution in [1.29, 1.82) is 0 Å². The molecule has 1 heterocycles. The molecule has 1 N–H and O–H groups in total. The fraction of sp³-hybridized carbons (Fsp3) is 0.200. The molecule has 16 heavy (non-hydrogen) atoms. The van der Waals surface area contributed by atoms with E-state index < -0.39 is 24.0 Å². The molecule has 1 aromatic heterocycles. The molecule has 0 aliphatic heterocycles. The summed E-state index contributed by atoms with van der Waals surface area (Å²) in [5, 5.41) is 8.35. The van der Waals surface area contributed by atoms with E-state index in [9.17, 15) is 14.4 Å². The van der Waals surface area contributed by atoms with Gasteiger partial charge in [0.25, 0.3) is 0 Å². The van der Waals surface area contributed by atoms with Gasteiger partial charge in [-0.1, -0.05) is 0 Å². The van der Waals surface area contributed by atoms with Crippen LogP contribution in [0.4, 0.5) is 0 Å². The molecule has 0 bridgehead atoms. The van der Waals surface area contributed by atoms with Gasteiger partial charge in [0.1, 0.15) is 5.69 Å². The average molecular weight is 239 g/mol. The number of nitrogens with zero attached hydrogens (tertiary/aromatic N) is 1. The third kappa shape index (κ3) is 3.16. The van der Waals surface area contributed by atoms with Gasteiger partial charge in [0.05, 0.1) is 6.42 Å². The quantitative estimate of drug-likeness (QED) is 0.357. The lowest BCUT2D eigenvalue weighted by Crippen LogP contribution is -2.17. The van der Waals surface area contributed by atoms with Crippen molar-refractivity contribution in [1.82, 2.24) is 4.98 Å². The van der Waals surface area contributed by atoms with Gasteiger partial charge in [-0.15, -0.1) is 11.8 Å². The van der Waals surface area contributed by atoms with Crippen LogP contribution in [0, 0.1) is 0 Å². The van der Waals surface area contributed by atoms with Crippen molar-refractivity contribution in [2.24, 2.45) is 0 Å². The third-order valence-corrected chi connectivity index (χ3v) is 2.54. The van der Waals surface area contributed by atoms with Crippen LogP contribution < -0.4 is 0 Å². The van der Waals surface area contributed by atoms with Gasteiger partial charge in [0.2, 0.25) is 5.78 Å². The van der Waals surface area contributed by atoms with Crippen molar-refractivity contribution < 1.29 is 19.5 Å². The van der Waals surface area contributed by atoms with Crippen LogP contribution in [0.25, 0.3) is 0 Å². The Bertz CT molecular complexity index is 444. The minimum Gasteiger partial charge on any atom is -0.475 e. The summed E-state index contributed by atoms with van der Waals surface area (Å²) in [4.78, 5) is 37.2.